The minimum atomic E-state index is -0.935. The number of carboxylic acids is 1. The Morgan fingerprint density at radius 2 is 2.14 bits per heavy atom. The first-order valence-corrected chi connectivity index (χ1v) is 6.99. The predicted octanol–water partition coefficient (Wildman–Crippen LogP) is 2.98. The third-order valence-corrected chi connectivity index (χ3v) is 4.21. The first-order chi connectivity index (χ1) is 9.75. The number of nitrogens with zero attached hydrogens (tertiary/aromatic N) is 2. The zero-order valence-electron chi connectivity index (χ0n) is 12.5. The lowest BCUT2D eigenvalue weighted by molar-refractivity contribution is -0.384. The number of aliphatic carboxylic acids is 1. The number of aryl methyl sites for hydroxylation is 1. The van der Waals surface area contributed by atoms with Crippen LogP contribution in [-0.4, -0.2) is 28.6 Å². The summed E-state index contributed by atoms with van der Waals surface area (Å²) in [6.45, 7) is 6.00. The monoisotopic (exact) mass is 292 g/mol. The number of carboxylic acid groups (broad SMARTS) is 1. The van der Waals surface area contributed by atoms with E-state index < -0.39 is 22.3 Å². The minimum Gasteiger partial charge on any atom is -0.480 e. The summed E-state index contributed by atoms with van der Waals surface area (Å²) in [5, 5.41) is 20.9. The van der Waals surface area contributed by atoms with Gasteiger partial charge in [0.25, 0.3) is 5.69 Å². The molecule has 0 saturated carbocycles. The molecule has 0 aromatic heterocycles. The summed E-state index contributed by atoms with van der Waals surface area (Å²) in [5.74, 6) is -0.935. The SMILES string of the molecule is Cc1cccc(N2CCCC(C)(C)C2C(=O)O)c1[N+](=O)[O-]. The highest BCUT2D eigenvalue weighted by Crippen LogP contribution is 2.41. The van der Waals surface area contributed by atoms with Crippen LogP contribution in [0.1, 0.15) is 32.3 Å². The van der Waals surface area contributed by atoms with Gasteiger partial charge in [0.15, 0.2) is 0 Å². The molecule has 1 N–H and O–H groups in total. The number of hydrogen-bond donors (Lipinski definition) is 1. The number of anilines is 1. The van der Waals surface area contributed by atoms with Crippen molar-refractivity contribution in [2.75, 3.05) is 11.4 Å². The Balaban J connectivity index is 2.56. The second-order valence-electron chi connectivity index (χ2n) is 6.23. The molecule has 0 radical (unpaired) electrons. The Kier molecular flexibility index (Phi) is 3.89. The lowest BCUT2D eigenvalue weighted by Crippen LogP contribution is -2.54. The van der Waals surface area contributed by atoms with Crippen molar-refractivity contribution in [1.29, 1.82) is 0 Å². The first-order valence-electron chi connectivity index (χ1n) is 6.99. The van der Waals surface area contributed by atoms with Crippen LogP contribution in [0.4, 0.5) is 11.4 Å². The van der Waals surface area contributed by atoms with Gasteiger partial charge in [0.05, 0.1) is 4.92 Å². The quantitative estimate of drug-likeness (QED) is 0.684. The predicted molar refractivity (Wildman–Crippen MR) is 79.6 cm³/mol. The molecule has 1 aromatic rings. The molecular weight excluding hydrogens is 272 g/mol. The molecule has 1 heterocycles. The number of nitro benzene ring substituents is 1. The van der Waals surface area contributed by atoms with Crippen molar-refractivity contribution in [2.45, 2.75) is 39.7 Å². The molecule has 1 aromatic carbocycles. The summed E-state index contributed by atoms with van der Waals surface area (Å²) in [6, 6.07) is 4.29. The van der Waals surface area contributed by atoms with Crippen LogP contribution in [0.2, 0.25) is 0 Å². The van der Waals surface area contributed by atoms with Crippen molar-refractivity contribution in [3.05, 3.63) is 33.9 Å². The first kappa shape index (κ1) is 15.3. The van der Waals surface area contributed by atoms with Crippen LogP contribution < -0.4 is 4.90 Å². The molecule has 1 unspecified atom stereocenters. The Hall–Kier alpha value is -2.11. The summed E-state index contributed by atoms with van der Waals surface area (Å²) >= 11 is 0. The minimum absolute atomic E-state index is 0.00134. The fourth-order valence-electron chi connectivity index (χ4n) is 3.23. The Morgan fingerprint density at radius 1 is 1.48 bits per heavy atom. The highest BCUT2D eigenvalue weighted by atomic mass is 16.6. The highest BCUT2D eigenvalue weighted by molar-refractivity contribution is 5.82. The number of piperidine rings is 1. The second-order valence-corrected chi connectivity index (χ2v) is 6.23. The van der Waals surface area contributed by atoms with Gasteiger partial charge in [-0.15, -0.1) is 0 Å². The van der Waals surface area contributed by atoms with Gasteiger partial charge >= 0.3 is 5.97 Å². The van der Waals surface area contributed by atoms with E-state index in [4.69, 9.17) is 0 Å². The van der Waals surface area contributed by atoms with E-state index in [0.29, 0.717) is 17.8 Å². The number of rotatable bonds is 3. The van der Waals surface area contributed by atoms with Gasteiger partial charge in [0.1, 0.15) is 11.7 Å². The molecule has 0 aliphatic carbocycles. The number of para-hydroxylation sites is 1. The van der Waals surface area contributed by atoms with Crippen molar-refractivity contribution >= 4 is 17.3 Å². The van der Waals surface area contributed by atoms with E-state index in [1.807, 2.05) is 13.8 Å². The molecule has 1 atom stereocenters. The van der Waals surface area contributed by atoms with E-state index in [1.165, 1.54) is 0 Å². The lowest BCUT2D eigenvalue weighted by atomic mass is 9.76. The van der Waals surface area contributed by atoms with E-state index in [2.05, 4.69) is 0 Å². The van der Waals surface area contributed by atoms with Gasteiger partial charge in [-0.2, -0.15) is 0 Å². The molecule has 1 saturated heterocycles. The average Bonchev–Trinajstić information content (AvgIpc) is 2.35. The number of hydrogen-bond acceptors (Lipinski definition) is 4. The summed E-state index contributed by atoms with van der Waals surface area (Å²) in [4.78, 5) is 24.3. The van der Waals surface area contributed by atoms with Crippen LogP contribution in [0.25, 0.3) is 0 Å². The molecule has 6 heteroatoms. The number of nitro groups is 1. The van der Waals surface area contributed by atoms with E-state index >= 15 is 0 Å². The third kappa shape index (κ3) is 2.70. The molecule has 1 fully saturated rings. The van der Waals surface area contributed by atoms with E-state index in [1.54, 1.807) is 30.0 Å². The summed E-state index contributed by atoms with van der Waals surface area (Å²) < 4.78 is 0. The molecule has 6 nitrogen and oxygen atoms in total. The zero-order valence-corrected chi connectivity index (χ0v) is 12.5. The molecule has 114 valence electrons. The van der Waals surface area contributed by atoms with Gasteiger partial charge in [0, 0.05) is 12.1 Å². The Morgan fingerprint density at radius 3 is 2.71 bits per heavy atom. The molecule has 21 heavy (non-hydrogen) atoms. The van der Waals surface area contributed by atoms with Crippen LogP contribution in [0.3, 0.4) is 0 Å². The van der Waals surface area contributed by atoms with Crippen LogP contribution in [0.15, 0.2) is 18.2 Å². The number of carbonyl (C=O) groups is 1. The van der Waals surface area contributed by atoms with Crippen LogP contribution in [0, 0.1) is 22.5 Å². The van der Waals surface area contributed by atoms with Crippen molar-refractivity contribution in [3.8, 4) is 0 Å². The molecule has 2 rings (SSSR count). The molecule has 1 aliphatic heterocycles. The fraction of sp³-hybridized carbons (Fsp3) is 0.533. The van der Waals surface area contributed by atoms with Crippen molar-refractivity contribution in [1.82, 2.24) is 0 Å². The van der Waals surface area contributed by atoms with Crippen molar-refractivity contribution in [2.24, 2.45) is 5.41 Å². The largest absolute Gasteiger partial charge is 0.480 e. The third-order valence-electron chi connectivity index (χ3n) is 4.21. The summed E-state index contributed by atoms with van der Waals surface area (Å²) in [7, 11) is 0. The van der Waals surface area contributed by atoms with Crippen LogP contribution in [-0.2, 0) is 4.79 Å². The van der Waals surface area contributed by atoms with Crippen molar-refractivity contribution in [3.63, 3.8) is 0 Å². The van der Waals surface area contributed by atoms with Crippen molar-refractivity contribution < 1.29 is 14.8 Å². The van der Waals surface area contributed by atoms with E-state index in [-0.39, 0.29) is 5.69 Å². The maximum Gasteiger partial charge on any atom is 0.326 e. The molecule has 1 aliphatic rings. The van der Waals surface area contributed by atoms with Crippen LogP contribution >= 0.6 is 0 Å². The topological polar surface area (TPSA) is 83.7 Å². The van der Waals surface area contributed by atoms with Gasteiger partial charge in [-0.05, 0) is 31.2 Å². The highest BCUT2D eigenvalue weighted by Gasteiger charge is 2.44. The maximum atomic E-state index is 11.7. The van der Waals surface area contributed by atoms with Gasteiger partial charge < -0.3 is 10.0 Å². The molecule has 0 bridgehead atoms. The smallest absolute Gasteiger partial charge is 0.326 e. The fourth-order valence-corrected chi connectivity index (χ4v) is 3.23. The molecular formula is C15H20N2O4. The Bertz CT molecular complexity index is 583. The maximum absolute atomic E-state index is 11.7. The van der Waals surface area contributed by atoms with Gasteiger partial charge in [-0.3, -0.25) is 10.1 Å². The van der Waals surface area contributed by atoms with Crippen LogP contribution in [0.5, 0.6) is 0 Å². The van der Waals surface area contributed by atoms with Gasteiger partial charge in [-0.25, -0.2) is 4.79 Å². The summed E-state index contributed by atoms with van der Waals surface area (Å²) in [6.07, 6.45) is 1.61. The lowest BCUT2D eigenvalue weighted by Gasteiger charge is -2.45. The van der Waals surface area contributed by atoms with Gasteiger partial charge in [-0.1, -0.05) is 26.0 Å². The van der Waals surface area contributed by atoms with E-state index in [0.717, 1.165) is 12.8 Å². The summed E-state index contributed by atoms with van der Waals surface area (Å²) in [5.41, 5.74) is 0.522. The average molecular weight is 292 g/mol. The second kappa shape index (κ2) is 5.35. The van der Waals surface area contributed by atoms with E-state index in [9.17, 15) is 20.0 Å². The Labute approximate surface area is 123 Å². The number of benzene rings is 1. The zero-order chi connectivity index (χ0) is 15.8. The molecule has 0 amide bonds. The standard InChI is InChI=1S/C15H20N2O4/c1-10-6-4-7-11(12(10)17(20)21)16-9-5-8-15(2,3)13(16)14(18)19/h4,6-7,13H,5,8-9H2,1-3H3,(H,18,19). The van der Waals surface area contributed by atoms with Gasteiger partial charge in [0.2, 0.25) is 0 Å². The molecule has 0 spiro atoms. The normalized spacial score (nSPS) is 21.1.